The number of fused-ring (bicyclic) bond motifs is 1. The second kappa shape index (κ2) is 8.02. The molecule has 0 radical (unpaired) electrons. The summed E-state index contributed by atoms with van der Waals surface area (Å²) < 4.78 is 18.2. The number of piperidine rings is 1. The van der Waals surface area contributed by atoms with Crippen molar-refractivity contribution < 1.29 is 18.4 Å². The molecule has 0 saturated carbocycles. The Hall–Kier alpha value is -3.42. The summed E-state index contributed by atoms with van der Waals surface area (Å²) in [5.74, 6) is -0.297. The molecule has 3 aromatic rings. The van der Waals surface area contributed by atoms with Crippen molar-refractivity contribution in [3.8, 4) is 0 Å². The lowest BCUT2D eigenvalue weighted by Gasteiger charge is -2.33. The van der Waals surface area contributed by atoms with E-state index in [1.807, 2.05) is 23.1 Å². The molecule has 1 fully saturated rings. The van der Waals surface area contributed by atoms with Crippen molar-refractivity contribution in [2.45, 2.75) is 31.8 Å². The molecule has 0 aliphatic carbocycles. The third kappa shape index (κ3) is 4.10. The summed E-state index contributed by atoms with van der Waals surface area (Å²) in [5, 5.41) is 4.10. The van der Waals surface area contributed by atoms with E-state index in [0.29, 0.717) is 42.2 Å². The summed E-state index contributed by atoms with van der Waals surface area (Å²) in [6.45, 7) is 1.36. The lowest BCUT2D eigenvalue weighted by Crippen LogP contribution is -2.44. The number of hydrogen-bond acceptors (Lipinski definition) is 5. The summed E-state index contributed by atoms with van der Waals surface area (Å²) in [7, 11) is 0. The highest BCUT2D eigenvalue weighted by Crippen LogP contribution is 2.25. The van der Waals surface area contributed by atoms with Gasteiger partial charge in [-0.2, -0.15) is 0 Å². The molecular weight excluding hydrogens is 401 g/mol. The topological polar surface area (TPSA) is 87.9 Å². The smallest absolute Gasteiger partial charge is 0.408 e. The lowest BCUT2D eigenvalue weighted by atomic mass is 9.90. The van der Waals surface area contributed by atoms with E-state index >= 15 is 0 Å². The third-order valence-electron chi connectivity index (χ3n) is 6.06. The molecule has 160 valence electrons. The average Bonchev–Trinajstić information content (AvgIpc) is 3.41. The van der Waals surface area contributed by atoms with Crippen molar-refractivity contribution in [3.05, 3.63) is 70.0 Å². The van der Waals surface area contributed by atoms with Crippen LogP contribution >= 0.6 is 0 Å². The van der Waals surface area contributed by atoms with Gasteiger partial charge in [0.25, 0.3) is 5.91 Å². The fourth-order valence-corrected chi connectivity index (χ4v) is 4.32. The maximum Gasteiger partial charge on any atom is 0.417 e. The van der Waals surface area contributed by atoms with Gasteiger partial charge in [0.1, 0.15) is 5.82 Å². The number of carbonyl (C=O) groups excluding carboxylic acids is 1. The van der Waals surface area contributed by atoms with Crippen LogP contribution in [0.1, 0.15) is 30.4 Å². The van der Waals surface area contributed by atoms with Crippen molar-refractivity contribution in [1.29, 1.82) is 0 Å². The molecule has 2 aliphatic rings. The number of oxime groups is 1. The highest BCUT2D eigenvalue weighted by atomic mass is 19.1. The zero-order valence-electron chi connectivity index (χ0n) is 16.8. The summed E-state index contributed by atoms with van der Waals surface area (Å²) in [5.41, 5.74) is 3.62. The molecule has 1 N–H and O–H groups in total. The second-order valence-corrected chi connectivity index (χ2v) is 8.16. The number of aromatic amines is 1. The Balaban J connectivity index is 1.16. The minimum Gasteiger partial charge on any atom is -0.408 e. The molecule has 8 heteroatoms. The molecule has 2 aromatic carbocycles. The van der Waals surface area contributed by atoms with Crippen LogP contribution in [0.5, 0.6) is 0 Å². The van der Waals surface area contributed by atoms with Crippen LogP contribution in [0.2, 0.25) is 0 Å². The van der Waals surface area contributed by atoms with Crippen LogP contribution in [0.3, 0.4) is 0 Å². The standard InChI is InChI=1S/C23H22FN3O4/c24-17-4-1-14(2-5-17)11-15-7-9-27(10-8-15)22(28)21-13-19(26-31-21)16-3-6-18-20(12-16)30-23(29)25-18/h1-6,12,15,21H,7-11,13H2,(H,25,29). The van der Waals surface area contributed by atoms with Gasteiger partial charge in [0.2, 0.25) is 6.10 Å². The van der Waals surface area contributed by atoms with Crippen LogP contribution in [-0.2, 0) is 16.1 Å². The van der Waals surface area contributed by atoms with E-state index in [4.69, 9.17) is 9.25 Å². The number of rotatable bonds is 4. The van der Waals surface area contributed by atoms with Crippen molar-refractivity contribution in [2.75, 3.05) is 13.1 Å². The number of carbonyl (C=O) groups is 1. The van der Waals surface area contributed by atoms with Gasteiger partial charge in [-0.15, -0.1) is 0 Å². The van der Waals surface area contributed by atoms with Gasteiger partial charge in [-0.25, -0.2) is 9.18 Å². The number of oxazole rings is 1. The minimum absolute atomic E-state index is 0.0479. The van der Waals surface area contributed by atoms with Gasteiger partial charge in [-0.05, 0) is 55.0 Å². The van der Waals surface area contributed by atoms with E-state index in [9.17, 15) is 14.0 Å². The monoisotopic (exact) mass is 423 g/mol. The molecule has 31 heavy (non-hydrogen) atoms. The Labute approximate surface area is 177 Å². The lowest BCUT2D eigenvalue weighted by molar-refractivity contribution is -0.143. The maximum absolute atomic E-state index is 13.1. The number of H-pyrrole nitrogens is 1. The Morgan fingerprint density at radius 2 is 1.94 bits per heavy atom. The molecule has 0 bridgehead atoms. The first-order chi connectivity index (χ1) is 15.0. The van der Waals surface area contributed by atoms with Gasteiger partial charge in [-0.1, -0.05) is 23.4 Å². The minimum atomic E-state index is -0.627. The highest BCUT2D eigenvalue weighted by Gasteiger charge is 2.34. The molecule has 2 aliphatic heterocycles. The Kier molecular flexibility index (Phi) is 5.05. The number of benzene rings is 2. The van der Waals surface area contributed by atoms with Crippen molar-refractivity contribution >= 4 is 22.7 Å². The van der Waals surface area contributed by atoms with Gasteiger partial charge in [0.15, 0.2) is 5.58 Å². The number of likely N-dealkylation sites (tertiary alicyclic amines) is 1. The first-order valence-electron chi connectivity index (χ1n) is 10.4. The molecule has 1 amide bonds. The Morgan fingerprint density at radius 3 is 2.71 bits per heavy atom. The molecule has 0 spiro atoms. The van der Waals surface area contributed by atoms with Crippen LogP contribution in [-0.4, -0.2) is 40.7 Å². The molecule has 7 nitrogen and oxygen atoms in total. The molecule has 5 rings (SSSR count). The van der Waals surface area contributed by atoms with E-state index in [0.717, 1.165) is 30.4 Å². The van der Waals surface area contributed by atoms with Crippen LogP contribution in [0.4, 0.5) is 4.39 Å². The number of amides is 1. The summed E-state index contributed by atoms with van der Waals surface area (Å²) in [4.78, 5) is 34.1. The number of nitrogens with zero attached hydrogens (tertiary/aromatic N) is 2. The number of halogens is 1. The number of hydrogen-bond donors (Lipinski definition) is 1. The third-order valence-corrected chi connectivity index (χ3v) is 6.06. The molecule has 1 saturated heterocycles. The van der Waals surface area contributed by atoms with Gasteiger partial charge < -0.3 is 14.2 Å². The van der Waals surface area contributed by atoms with Crippen molar-refractivity contribution in [2.24, 2.45) is 11.1 Å². The maximum atomic E-state index is 13.1. The normalized spacial score (nSPS) is 19.5. The summed E-state index contributed by atoms with van der Waals surface area (Å²) >= 11 is 0. The number of aromatic nitrogens is 1. The van der Waals surface area contributed by atoms with Gasteiger partial charge in [0.05, 0.1) is 11.2 Å². The molecule has 3 heterocycles. The van der Waals surface area contributed by atoms with E-state index in [1.54, 1.807) is 12.1 Å². The Bertz CT molecular complexity index is 1190. The first-order valence-corrected chi connectivity index (χ1v) is 10.4. The predicted octanol–water partition coefficient (Wildman–Crippen LogP) is 3.23. The van der Waals surface area contributed by atoms with Gasteiger partial charge in [-0.3, -0.25) is 9.78 Å². The van der Waals surface area contributed by atoms with Gasteiger partial charge >= 0.3 is 5.76 Å². The SMILES string of the molecule is O=C(C1CC(c2ccc3[nH]c(=O)oc3c2)=NO1)N1CCC(Cc2ccc(F)cc2)CC1. The zero-order valence-corrected chi connectivity index (χ0v) is 16.8. The van der Waals surface area contributed by atoms with E-state index in [2.05, 4.69) is 10.1 Å². The van der Waals surface area contributed by atoms with Crippen molar-refractivity contribution in [3.63, 3.8) is 0 Å². The van der Waals surface area contributed by atoms with Crippen LogP contribution in [0.25, 0.3) is 11.1 Å². The zero-order chi connectivity index (χ0) is 21.4. The summed E-state index contributed by atoms with van der Waals surface area (Å²) in [6.07, 6.45) is 2.47. The van der Waals surface area contributed by atoms with Crippen LogP contribution < -0.4 is 5.76 Å². The molecular formula is C23H22FN3O4. The largest absolute Gasteiger partial charge is 0.417 e. The quantitative estimate of drug-likeness (QED) is 0.698. The highest BCUT2D eigenvalue weighted by molar-refractivity contribution is 6.05. The van der Waals surface area contributed by atoms with E-state index < -0.39 is 11.9 Å². The van der Waals surface area contributed by atoms with E-state index in [-0.39, 0.29) is 11.7 Å². The molecule has 1 aromatic heterocycles. The Morgan fingerprint density at radius 1 is 1.16 bits per heavy atom. The predicted molar refractivity (Wildman–Crippen MR) is 112 cm³/mol. The molecule has 1 atom stereocenters. The summed E-state index contributed by atoms with van der Waals surface area (Å²) in [6, 6.07) is 11.9. The fourth-order valence-electron chi connectivity index (χ4n) is 4.32. The van der Waals surface area contributed by atoms with Crippen LogP contribution in [0, 0.1) is 11.7 Å². The van der Waals surface area contributed by atoms with Crippen molar-refractivity contribution in [1.82, 2.24) is 9.88 Å². The van der Waals surface area contributed by atoms with Gasteiger partial charge in [0, 0.05) is 25.1 Å². The second-order valence-electron chi connectivity index (χ2n) is 8.16. The fraction of sp³-hybridized carbons (Fsp3) is 0.348. The average molecular weight is 423 g/mol. The van der Waals surface area contributed by atoms with Crippen LogP contribution in [0.15, 0.2) is 56.8 Å². The first kappa shape index (κ1) is 19.5. The van der Waals surface area contributed by atoms with E-state index in [1.165, 1.54) is 12.1 Å². The number of nitrogens with one attached hydrogen (secondary N) is 1. The molecule has 1 unspecified atom stereocenters.